The van der Waals surface area contributed by atoms with Gasteiger partial charge in [-0.1, -0.05) is 13.8 Å². The van der Waals surface area contributed by atoms with Crippen molar-refractivity contribution in [3.05, 3.63) is 17.7 Å². The van der Waals surface area contributed by atoms with Crippen molar-refractivity contribution in [1.29, 1.82) is 0 Å². The average molecular weight is 267 g/mol. The zero-order valence-electron chi connectivity index (χ0n) is 12.1. The maximum absolute atomic E-state index is 11.6. The number of nitrogens with one attached hydrogen (secondary N) is 1. The van der Waals surface area contributed by atoms with Crippen LogP contribution in [0.25, 0.3) is 0 Å². The minimum absolute atomic E-state index is 0.00293. The van der Waals surface area contributed by atoms with Crippen LogP contribution in [-0.2, 0) is 11.3 Å². The summed E-state index contributed by atoms with van der Waals surface area (Å²) in [7, 11) is 4.72. The SMILES string of the molecule is COc1cc(OC)c(OC)cc1CNC(=O)C(C)C. The van der Waals surface area contributed by atoms with E-state index in [-0.39, 0.29) is 11.8 Å². The molecule has 0 spiro atoms. The van der Waals surface area contributed by atoms with Crippen LogP contribution in [0, 0.1) is 5.92 Å². The van der Waals surface area contributed by atoms with Crippen molar-refractivity contribution in [2.24, 2.45) is 5.92 Å². The Bertz CT molecular complexity index is 443. The predicted octanol–water partition coefficient (Wildman–Crippen LogP) is 1.98. The Hall–Kier alpha value is -1.91. The summed E-state index contributed by atoms with van der Waals surface area (Å²) in [6.45, 7) is 4.09. The van der Waals surface area contributed by atoms with E-state index in [0.717, 1.165) is 5.56 Å². The van der Waals surface area contributed by atoms with Gasteiger partial charge < -0.3 is 19.5 Å². The van der Waals surface area contributed by atoms with Crippen molar-refractivity contribution in [3.8, 4) is 17.2 Å². The minimum atomic E-state index is -0.0499. The summed E-state index contributed by atoms with van der Waals surface area (Å²) in [6.07, 6.45) is 0. The maximum atomic E-state index is 11.6. The number of rotatable bonds is 6. The van der Waals surface area contributed by atoms with Crippen molar-refractivity contribution in [3.63, 3.8) is 0 Å². The van der Waals surface area contributed by atoms with Gasteiger partial charge in [0.15, 0.2) is 11.5 Å². The second-order valence-electron chi connectivity index (χ2n) is 4.39. The van der Waals surface area contributed by atoms with Gasteiger partial charge in [0.05, 0.1) is 21.3 Å². The molecule has 0 saturated heterocycles. The van der Waals surface area contributed by atoms with Gasteiger partial charge >= 0.3 is 0 Å². The predicted molar refractivity (Wildman–Crippen MR) is 72.8 cm³/mol. The standard InChI is InChI=1S/C14H21NO4/c1-9(2)14(16)15-8-10-6-12(18-4)13(19-5)7-11(10)17-3/h6-7,9H,8H2,1-5H3,(H,15,16). The molecule has 5 nitrogen and oxygen atoms in total. The first-order valence-corrected chi connectivity index (χ1v) is 6.10. The first-order valence-electron chi connectivity index (χ1n) is 6.10. The summed E-state index contributed by atoms with van der Waals surface area (Å²) < 4.78 is 15.7. The third-order valence-electron chi connectivity index (χ3n) is 2.76. The van der Waals surface area contributed by atoms with Gasteiger partial charge in [0.25, 0.3) is 0 Å². The van der Waals surface area contributed by atoms with Crippen LogP contribution in [0.4, 0.5) is 0 Å². The highest BCUT2D eigenvalue weighted by Gasteiger charge is 2.13. The molecule has 1 aromatic rings. The Labute approximate surface area is 113 Å². The molecular formula is C14H21NO4. The molecule has 0 fully saturated rings. The van der Waals surface area contributed by atoms with E-state index in [1.807, 2.05) is 13.8 Å². The lowest BCUT2D eigenvalue weighted by Crippen LogP contribution is -2.27. The monoisotopic (exact) mass is 267 g/mol. The van der Waals surface area contributed by atoms with Crippen LogP contribution in [0.1, 0.15) is 19.4 Å². The Morgan fingerprint density at radius 1 is 1.05 bits per heavy atom. The zero-order chi connectivity index (χ0) is 14.4. The number of hydrogen-bond donors (Lipinski definition) is 1. The van der Waals surface area contributed by atoms with Gasteiger partial charge in [0.2, 0.25) is 5.91 Å². The van der Waals surface area contributed by atoms with Crippen LogP contribution in [-0.4, -0.2) is 27.2 Å². The molecule has 0 aliphatic carbocycles. The van der Waals surface area contributed by atoms with E-state index in [2.05, 4.69) is 5.32 Å². The van der Waals surface area contributed by atoms with Crippen LogP contribution in [0.2, 0.25) is 0 Å². The summed E-state index contributed by atoms with van der Waals surface area (Å²) in [4.78, 5) is 11.6. The summed E-state index contributed by atoms with van der Waals surface area (Å²) in [5.41, 5.74) is 0.842. The molecule has 1 aromatic carbocycles. The first kappa shape index (κ1) is 15.1. The fourth-order valence-electron chi connectivity index (χ4n) is 1.62. The molecule has 0 heterocycles. The van der Waals surface area contributed by atoms with Gasteiger partial charge in [-0.15, -0.1) is 0 Å². The molecule has 0 aliphatic heterocycles. The topological polar surface area (TPSA) is 56.8 Å². The molecule has 0 radical (unpaired) electrons. The lowest BCUT2D eigenvalue weighted by Gasteiger charge is -2.15. The highest BCUT2D eigenvalue weighted by Crippen LogP contribution is 2.34. The van der Waals surface area contributed by atoms with E-state index in [1.165, 1.54) is 0 Å². The highest BCUT2D eigenvalue weighted by atomic mass is 16.5. The van der Waals surface area contributed by atoms with E-state index in [0.29, 0.717) is 23.8 Å². The quantitative estimate of drug-likeness (QED) is 0.856. The van der Waals surface area contributed by atoms with Gasteiger partial charge in [0, 0.05) is 24.1 Å². The molecule has 19 heavy (non-hydrogen) atoms. The van der Waals surface area contributed by atoms with E-state index in [4.69, 9.17) is 14.2 Å². The molecule has 5 heteroatoms. The van der Waals surface area contributed by atoms with Crippen LogP contribution >= 0.6 is 0 Å². The van der Waals surface area contributed by atoms with Crippen molar-refractivity contribution in [2.75, 3.05) is 21.3 Å². The van der Waals surface area contributed by atoms with E-state index in [9.17, 15) is 4.79 Å². The van der Waals surface area contributed by atoms with E-state index >= 15 is 0 Å². The molecule has 0 aromatic heterocycles. The number of carbonyl (C=O) groups excluding carboxylic acids is 1. The number of carbonyl (C=O) groups is 1. The first-order chi connectivity index (χ1) is 9.03. The molecular weight excluding hydrogens is 246 g/mol. The molecule has 0 aliphatic rings. The van der Waals surface area contributed by atoms with Crippen LogP contribution < -0.4 is 19.5 Å². The summed E-state index contributed by atoms with van der Waals surface area (Å²) >= 11 is 0. The van der Waals surface area contributed by atoms with Crippen LogP contribution in [0.5, 0.6) is 17.2 Å². The fourth-order valence-corrected chi connectivity index (χ4v) is 1.62. The van der Waals surface area contributed by atoms with E-state index in [1.54, 1.807) is 33.5 Å². The Morgan fingerprint density at radius 3 is 2.05 bits per heavy atom. The minimum Gasteiger partial charge on any atom is -0.496 e. The number of hydrogen-bond acceptors (Lipinski definition) is 4. The fraction of sp³-hybridized carbons (Fsp3) is 0.500. The summed E-state index contributed by atoms with van der Waals surface area (Å²) in [5.74, 6) is 1.81. The van der Waals surface area contributed by atoms with Gasteiger partial charge in [-0.3, -0.25) is 4.79 Å². The third-order valence-corrected chi connectivity index (χ3v) is 2.76. The molecule has 1 rings (SSSR count). The third kappa shape index (κ3) is 3.77. The normalized spacial score (nSPS) is 10.2. The number of methoxy groups -OCH3 is 3. The number of ether oxygens (including phenoxy) is 3. The molecule has 0 unspecified atom stereocenters. The van der Waals surface area contributed by atoms with Crippen molar-refractivity contribution in [1.82, 2.24) is 5.32 Å². The lowest BCUT2D eigenvalue weighted by atomic mass is 10.1. The Morgan fingerprint density at radius 2 is 1.58 bits per heavy atom. The molecule has 0 atom stereocenters. The number of amides is 1. The van der Waals surface area contributed by atoms with Gasteiger partial charge in [0.1, 0.15) is 5.75 Å². The second kappa shape index (κ2) is 6.87. The second-order valence-corrected chi connectivity index (χ2v) is 4.39. The molecule has 0 bridgehead atoms. The smallest absolute Gasteiger partial charge is 0.222 e. The summed E-state index contributed by atoms with van der Waals surface area (Å²) in [5, 5.41) is 2.85. The van der Waals surface area contributed by atoms with Crippen molar-refractivity contribution >= 4 is 5.91 Å². The molecule has 106 valence electrons. The lowest BCUT2D eigenvalue weighted by molar-refractivity contribution is -0.124. The van der Waals surface area contributed by atoms with Crippen molar-refractivity contribution < 1.29 is 19.0 Å². The summed E-state index contributed by atoms with van der Waals surface area (Å²) in [6, 6.07) is 3.55. The largest absolute Gasteiger partial charge is 0.496 e. The Balaban J connectivity index is 2.95. The highest BCUT2D eigenvalue weighted by molar-refractivity contribution is 5.77. The molecule has 1 amide bonds. The maximum Gasteiger partial charge on any atom is 0.222 e. The molecule has 1 N–H and O–H groups in total. The zero-order valence-corrected chi connectivity index (χ0v) is 12.1. The van der Waals surface area contributed by atoms with Gasteiger partial charge in [-0.25, -0.2) is 0 Å². The van der Waals surface area contributed by atoms with E-state index < -0.39 is 0 Å². The van der Waals surface area contributed by atoms with Crippen LogP contribution in [0.15, 0.2) is 12.1 Å². The molecule has 0 saturated carbocycles. The average Bonchev–Trinajstić information content (AvgIpc) is 2.43. The van der Waals surface area contributed by atoms with Gasteiger partial charge in [-0.2, -0.15) is 0 Å². The number of benzene rings is 1. The van der Waals surface area contributed by atoms with Crippen molar-refractivity contribution in [2.45, 2.75) is 20.4 Å². The van der Waals surface area contributed by atoms with Gasteiger partial charge in [-0.05, 0) is 6.07 Å². The van der Waals surface area contributed by atoms with Crippen LogP contribution in [0.3, 0.4) is 0 Å². The Kier molecular flexibility index (Phi) is 5.48.